The fourth-order valence-corrected chi connectivity index (χ4v) is 4.16. The minimum absolute atomic E-state index is 0.0936. The van der Waals surface area contributed by atoms with Gasteiger partial charge >= 0.3 is 0 Å². The largest absolute Gasteiger partial charge is 0.504 e. The maximum atomic E-state index is 13.2. The number of methoxy groups -OCH3 is 1. The molecule has 0 spiro atoms. The molecule has 0 bridgehead atoms. The third kappa shape index (κ3) is 3.85. The van der Waals surface area contributed by atoms with E-state index in [9.17, 15) is 19.8 Å². The molecule has 1 amide bonds. The molecule has 32 heavy (non-hydrogen) atoms. The highest BCUT2D eigenvalue weighted by Gasteiger charge is 2.45. The summed E-state index contributed by atoms with van der Waals surface area (Å²) in [5, 5.41) is 29.5. The van der Waals surface area contributed by atoms with Gasteiger partial charge in [-0.1, -0.05) is 53.8 Å². The Kier molecular flexibility index (Phi) is 5.74. The number of anilines is 1. The van der Waals surface area contributed by atoms with Crippen molar-refractivity contribution in [3.8, 4) is 11.5 Å². The third-order valence-corrected chi connectivity index (χ3v) is 5.78. The van der Waals surface area contributed by atoms with Crippen molar-refractivity contribution in [3.05, 3.63) is 82.1 Å². The Balaban J connectivity index is 1.81. The highest BCUT2D eigenvalue weighted by molar-refractivity contribution is 7.15. The molecule has 0 saturated carbocycles. The summed E-state index contributed by atoms with van der Waals surface area (Å²) in [5.41, 5.74) is 1.16. The number of hydrogen-bond donors (Lipinski definition) is 2. The first-order valence-electron chi connectivity index (χ1n) is 9.62. The fraction of sp³-hybridized carbons (Fsp3) is 0.130. The fourth-order valence-electron chi connectivity index (χ4n) is 3.44. The van der Waals surface area contributed by atoms with Crippen LogP contribution < -0.4 is 9.64 Å². The Morgan fingerprint density at radius 1 is 1.16 bits per heavy atom. The highest BCUT2D eigenvalue weighted by atomic mass is 32.1. The van der Waals surface area contributed by atoms with Crippen molar-refractivity contribution in [1.82, 2.24) is 10.2 Å². The molecule has 162 valence electrons. The summed E-state index contributed by atoms with van der Waals surface area (Å²) in [6.07, 6.45) is 2.92. The van der Waals surface area contributed by atoms with E-state index < -0.39 is 23.5 Å². The van der Waals surface area contributed by atoms with Gasteiger partial charge in [-0.05, 0) is 36.3 Å². The van der Waals surface area contributed by atoms with Gasteiger partial charge < -0.3 is 14.9 Å². The number of aryl methyl sites for hydroxylation is 1. The minimum Gasteiger partial charge on any atom is -0.504 e. The number of allylic oxidation sites excluding steroid dienone is 1. The lowest BCUT2D eigenvalue weighted by atomic mass is 9.95. The number of phenolic OH excluding ortho intramolecular Hbond substituents is 1. The van der Waals surface area contributed by atoms with E-state index in [-0.39, 0.29) is 22.2 Å². The molecule has 1 aliphatic rings. The summed E-state index contributed by atoms with van der Waals surface area (Å²) in [7, 11) is 1.40. The van der Waals surface area contributed by atoms with Gasteiger partial charge in [-0.3, -0.25) is 14.5 Å². The number of aromatic hydroxyl groups is 1. The third-order valence-electron chi connectivity index (χ3n) is 4.94. The van der Waals surface area contributed by atoms with Gasteiger partial charge in [0.1, 0.15) is 5.01 Å². The number of ketones is 1. The maximum absolute atomic E-state index is 13.2. The quantitative estimate of drug-likeness (QED) is 0.551. The van der Waals surface area contributed by atoms with Gasteiger partial charge in [0.05, 0.1) is 18.7 Å². The Hall–Kier alpha value is -3.98. The van der Waals surface area contributed by atoms with Crippen LogP contribution in [-0.2, 0) is 9.59 Å². The lowest BCUT2D eigenvalue weighted by Gasteiger charge is -2.24. The number of ether oxygens (including phenoxy) is 1. The van der Waals surface area contributed by atoms with E-state index in [0.717, 1.165) is 16.9 Å². The van der Waals surface area contributed by atoms with E-state index >= 15 is 0 Å². The van der Waals surface area contributed by atoms with Crippen molar-refractivity contribution in [3.63, 3.8) is 0 Å². The van der Waals surface area contributed by atoms with Crippen molar-refractivity contribution in [2.75, 3.05) is 12.0 Å². The zero-order valence-electron chi connectivity index (χ0n) is 17.2. The second-order valence-electron chi connectivity index (χ2n) is 6.98. The van der Waals surface area contributed by atoms with Crippen LogP contribution in [0.4, 0.5) is 5.13 Å². The summed E-state index contributed by atoms with van der Waals surface area (Å²) in [5.74, 6) is -1.86. The summed E-state index contributed by atoms with van der Waals surface area (Å²) in [6, 6.07) is 12.7. The van der Waals surface area contributed by atoms with E-state index in [2.05, 4.69) is 10.2 Å². The molecule has 2 aromatic carbocycles. The lowest BCUT2D eigenvalue weighted by Crippen LogP contribution is -2.30. The molecule has 2 N–H and O–H groups in total. The second kappa shape index (κ2) is 8.64. The minimum atomic E-state index is -0.975. The van der Waals surface area contributed by atoms with E-state index in [1.54, 1.807) is 19.1 Å². The van der Waals surface area contributed by atoms with E-state index in [1.165, 1.54) is 30.2 Å². The molecule has 1 aromatic heterocycles. The summed E-state index contributed by atoms with van der Waals surface area (Å²) in [4.78, 5) is 27.4. The van der Waals surface area contributed by atoms with Crippen molar-refractivity contribution in [2.45, 2.75) is 13.0 Å². The smallest absolute Gasteiger partial charge is 0.296 e. The molecule has 3 aromatic rings. The predicted molar refractivity (Wildman–Crippen MR) is 120 cm³/mol. The van der Waals surface area contributed by atoms with Crippen LogP contribution in [0.25, 0.3) is 6.08 Å². The first-order chi connectivity index (χ1) is 15.4. The van der Waals surface area contributed by atoms with Gasteiger partial charge in [0, 0.05) is 0 Å². The van der Waals surface area contributed by atoms with E-state index in [0.29, 0.717) is 10.6 Å². The average Bonchev–Trinajstić information content (AvgIpc) is 3.34. The van der Waals surface area contributed by atoms with Crippen LogP contribution >= 0.6 is 11.3 Å². The van der Waals surface area contributed by atoms with Crippen LogP contribution in [0.15, 0.2) is 65.9 Å². The van der Waals surface area contributed by atoms with Gasteiger partial charge in [-0.25, -0.2) is 0 Å². The van der Waals surface area contributed by atoms with Crippen molar-refractivity contribution in [2.24, 2.45) is 0 Å². The van der Waals surface area contributed by atoms with Gasteiger partial charge in [0.15, 0.2) is 23.0 Å². The number of phenols is 1. The molecule has 9 heteroatoms. The molecular formula is C23H19N3O5S. The second-order valence-corrected chi connectivity index (χ2v) is 8.14. The molecule has 1 atom stereocenters. The number of aromatic nitrogens is 2. The molecule has 4 rings (SSSR count). The van der Waals surface area contributed by atoms with Crippen LogP contribution in [0.5, 0.6) is 11.5 Å². The maximum Gasteiger partial charge on any atom is 0.296 e. The van der Waals surface area contributed by atoms with Crippen molar-refractivity contribution < 1.29 is 24.5 Å². The number of aliphatic hydroxyl groups is 1. The summed E-state index contributed by atoms with van der Waals surface area (Å²) >= 11 is 1.16. The molecule has 1 unspecified atom stereocenters. The van der Waals surface area contributed by atoms with Crippen LogP contribution in [0.3, 0.4) is 0 Å². The molecular weight excluding hydrogens is 430 g/mol. The summed E-state index contributed by atoms with van der Waals surface area (Å²) in [6.45, 7) is 1.74. The highest BCUT2D eigenvalue weighted by Crippen LogP contribution is 2.43. The molecule has 0 fully saturated rings. The molecule has 0 aliphatic carbocycles. The Labute approximate surface area is 187 Å². The summed E-state index contributed by atoms with van der Waals surface area (Å²) < 4.78 is 5.19. The van der Waals surface area contributed by atoms with Gasteiger partial charge in [0.25, 0.3) is 5.91 Å². The lowest BCUT2D eigenvalue weighted by molar-refractivity contribution is -0.117. The number of carbonyl (C=O) groups is 2. The number of hydrogen-bond acceptors (Lipinski definition) is 8. The Bertz CT molecular complexity index is 1250. The van der Waals surface area contributed by atoms with Gasteiger partial charge in [0.2, 0.25) is 5.13 Å². The van der Waals surface area contributed by atoms with Crippen molar-refractivity contribution >= 4 is 34.2 Å². The monoisotopic (exact) mass is 449 g/mol. The molecule has 0 saturated heterocycles. The first kappa shape index (κ1) is 21.3. The van der Waals surface area contributed by atoms with Crippen molar-refractivity contribution in [1.29, 1.82) is 0 Å². The van der Waals surface area contributed by atoms with Crippen LogP contribution in [0, 0.1) is 6.92 Å². The van der Waals surface area contributed by atoms with Crippen LogP contribution in [-0.4, -0.2) is 39.2 Å². The number of nitrogens with zero attached hydrogens (tertiary/aromatic N) is 3. The Morgan fingerprint density at radius 3 is 2.56 bits per heavy atom. The molecule has 0 radical (unpaired) electrons. The number of rotatable bonds is 6. The topological polar surface area (TPSA) is 113 Å². The average molecular weight is 449 g/mol. The number of aliphatic hydroxyl groups excluding tert-OH is 1. The normalized spacial score (nSPS) is 16.2. The van der Waals surface area contributed by atoms with Crippen LogP contribution in [0.1, 0.15) is 22.2 Å². The first-order valence-corrected chi connectivity index (χ1v) is 10.4. The standard InChI is InChI=1S/C23H19N3O5S/c1-13-24-25-23(32-13)26-20(15-9-11-16(27)18(12-15)31-2)19(21(29)22(26)30)17(28)10-8-14-6-4-3-5-7-14/h3-12,20,27,29H,1-2H3/b10-8+. The Morgan fingerprint density at radius 2 is 1.91 bits per heavy atom. The van der Waals surface area contributed by atoms with E-state index in [4.69, 9.17) is 4.74 Å². The molecule has 1 aliphatic heterocycles. The number of amides is 1. The number of carbonyl (C=O) groups excluding carboxylic acids is 2. The van der Waals surface area contributed by atoms with Gasteiger partial charge in [-0.2, -0.15) is 0 Å². The SMILES string of the molecule is COc1cc(C2C(C(=O)/C=C/c3ccccc3)=C(O)C(=O)N2c2nnc(C)s2)ccc1O. The number of benzene rings is 2. The molecule has 8 nitrogen and oxygen atoms in total. The predicted octanol–water partition coefficient (Wildman–Crippen LogP) is 3.74. The molecule has 2 heterocycles. The zero-order chi connectivity index (χ0) is 22.8. The van der Waals surface area contributed by atoms with Crippen LogP contribution in [0.2, 0.25) is 0 Å². The van der Waals surface area contributed by atoms with E-state index in [1.807, 2.05) is 30.3 Å². The zero-order valence-corrected chi connectivity index (χ0v) is 18.0. The van der Waals surface area contributed by atoms with Gasteiger partial charge in [-0.15, -0.1) is 10.2 Å².